The predicted molar refractivity (Wildman–Crippen MR) is 224 cm³/mol. The van der Waals surface area contributed by atoms with Crippen molar-refractivity contribution in [2.45, 2.75) is 135 Å². The van der Waals surface area contributed by atoms with Gasteiger partial charge in [-0.25, -0.2) is 4.98 Å². The summed E-state index contributed by atoms with van der Waals surface area (Å²) in [4.78, 5) is 104. The van der Waals surface area contributed by atoms with Crippen molar-refractivity contribution >= 4 is 43.0 Å². The number of nitrogens with one attached hydrogen (secondary N) is 4. The number of unbranched alkanes of at least 4 members (excludes halogenated alkanes) is 5. The monoisotopic (exact) mass is 860 g/mol. The molecule has 0 bridgehead atoms. The molecule has 0 unspecified atom stereocenters. The van der Waals surface area contributed by atoms with Crippen LogP contribution in [-0.4, -0.2) is 114 Å². The summed E-state index contributed by atoms with van der Waals surface area (Å²) in [6, 6.07) is 3.97. The zero-order valence-electron chi connectivity index (χ0n) is 35.3. The minimum Gasteiger partial charge on any atom is -0.394 e. The Morgan fingerprint density at radius 3 is 2.10 bits per heavy atom. The van der Waals surface area contributed by atoms with Gasteiger partial charge in [-0.2, -0.15) is 0 Å². The zero-order chi connectivity index (χ0) is 44.4. The lowest BCUT2D eigenvalue weighted by atomic mass is 10.0. The zero-order valence-corrected chi connectivity index (χ0v) is 36.1. The number of carbonyl (C=O) groups excluding carboxylic acids is 6. The topological polar surface area (TPSA) is 275 Å². The molecular formula is C41H65N8O10P. The third kappa shape index (κ3) is 16.8. The second-order valence-corrected chi connectivity index (χ2v) is 17.9. The Kier molecular flexibility index (Phi) is 20.4. The van der Waals surface area contributed by atoms with Crippen molar-refractivity contribution in [2.75, 3.05) is 19.3 Å². The number of aliphatic hydroxyl groups excluding tert-OH is 1. The molecule has 0 spiro atoms. The molecule has 1 saturated heterocycles. The van der Waals surface area contributed by atoms with Crippen LogP contribution in [0.5, 0.6) is 0 Å². The van der Waals surface area contributed by atoms with E-state index in [-0.39, 0.29) is 24.7 Å². The van der Waals surface area contributed by atoms with E-state index in [1.54, 1.807) is 12.5 Å². The number of rotatable bonds is 26. The van der Waals surface area contributed by atoms with Crippen LogP contribution < -0.4 is 27.0 Å². The second kappa shape index (κ2) is 24.6. The molecule has 6 amide bonds. The largest absolute Gasteiger partial charge is 0.394 e. The highest BCUT2D eigenvalue weighted by Crippen LogP contribution is 2.37. The summed E-state index contributed by atoms with van der Waals surface area (Å²) in [5.41, 5.74) is 7.35. The standard InChI is InChI=1S/C41H65N8O10P/c1-27(2)21-32(45-41(56)35-18-14-20-49(35)29(4)51)38(53)44-33(39(54)46-34(24-50)40(55)47-36(37(42)52)28(3)25-60(57,58)59)22-31-23-43-26-48(31)19-13-8-6-5-7-10-15-30-16-11-9-12-17-30/h9,11-12,16-17,23,26-28,32-36,50H,5-8,10,13-15,18-22,24-25H2,1-4H3,(H2,42,52)(H,44,53)(H,45,56)(H,46,54)(H,47,55)(H2,57,58,59)/t28-,32+,33+,34+,35+,36-/m1/s1. The van der Waals surface area contributed by atoms with Crippen molar-refractivity contribution in [3.63, 3.8) is 0 Å². The minimum absolute atomic E-state index is 0.0697. The molecule has 18 nitrogen and oxygen atoms in total. The summed E-state index contributed by atoms with van der Waals surface area (Å²) < 4.78 is 13.5. The molecule has 0 aliphatic carbocycles. The van der Waals surface area contributed by atoms with E-state index in [4.69, 9.17) is 5.73 Å². The lowest BCUT2D eigenvalue weighted by Crippen LogP contribution is -2.60. The van der Waals surface area contributed by atoms with Crippen LogP contribution in [0.3, 0.4) is 0 Å². The Morgan fingerprint density at radius 2 is 1.48 bits per heavy atom. The van der Waals surface area contributed by atoms with E-state index in [9.17, 15) is 48.2 Å². The SMILES string of the molecule is CC(=O)N1CCC[C@H]1C(=O)N[C@@H](CC(C)C)C(=O)N[C@@H](Cc1cncn1CCCCCCCCc1ccccc1)C(=O)N[C@@H](CO)C(=O)N[C@@H](C(N)=O)[C@H](C)CP(=O)(O)O. The molecule has 1 aliphatic heterocycles. The normalized spacial score (nSPS) is 16.7. The maximum atomic E-state index is 14.0. The van der Waals surface area contributed by atoms with E-state index in [1.807, 2.05) is 36.6 Å². The van der Waals surface area contributed by atoms with Crippen molar-refractivity contribution in [2.24, 2.45) is 17.6 Å². The number of aromatic nitrogens is 2. The molecule has 6 atom stereocenters. The van der Waals surface area contributed by atoms with Crippen LogP contribution >= 0.6 is 7.60 Å². The number of imidazole rings is 1. The van der Waals surface area contributed by atoms with Crippen LogP contribution in [0.4, 0.5) is 0 Å². The number of carbonyl (C=O) groups is 6. The number of hydrogen-bond donors (Lipinski definition) is 8. The lowest BCUT2D eigenvalue weighted by molar-refractivity contribution is -0.138. The number of primary amides is 1. The van der Waals surface area contributed by atoms with E-state index in [0.29, 0.717) is 31.6 Å². The Balaban J connectivity index is 1.76. The van der Waals surface area contributed by atoms with Gasteiger partial charge in [-0.05, 0) is 55.9 Å². The molecule has 3 rings (SSSR count). The maximum Gasteiger partial charge on any atom is 0.325 e. The third-order valence-electron chi connectivity index (χ3n) is 10.6. The van der Waals surface area contributed by atoms with Gasteiger partial charge in [0.1, 0.15) is 30.2 Å². The molecule has 1 fully saturated rings. The molecule has 2 heterocycles. The molecule has 2 aromatic rings. The van der Waals surface area contributed by atoms with Crippen molar-refractivity contribution in [1.82, 2.24) is 35.7 Å². The number of hydrogen-bond acceptors (Lipinski definition) is 9. The van der Waals surface area contributed by atoms with Gasteiger partial charge in [0.05, 0.1) is 19.1 Å². The number of benzene rings is 1. The second-order valence-electron chi connectivity index (χ2n) is 16.2. The van der Waals surface area contributed by atoms with Gasteiger partial charge in [0.2, 0.25) is 35.4 Å². The van der Waals surface area contributed by atoms with Crippen LogP contribution in [0, 0.1) is 11.8 Å². The molecule has 60 heavy (non-hydrogen) atoms. The Hall–Kier alpha value is -4.64. The first-order valence-corrected chi connectivity index (χ1v) is 22.7. The van der Waals surface area contributed by atoms with E-state index in [1.165, 1.54) is 24.3 Å². The van der Waals surface area contributed by atoms with E-state index >= 15 is 0 Å². The molecule has 0 radical (unpaired) electrons. The Morgan fingerprint density at radius 1 is 0.867 bits per heavy atom. The van der Waals surface area contributed by atoms with Crippen LogP contribution in [0.15, 0.2) is 42.9 Å². The van der Waals surface area contributed by atoms with Gasteiger partial charge >= 0.3 is 7.60 Å². The molecular weight excluding hydrogens is 795 g/mol. The van der Waals surface area contributed by atoms with Crippen molar-refractivity contribution in [3.05, 3.63) is 54.1 Å². The summed E-state index contributed by atoms with van der Waals surface area (Å²) in [6.45, 7) is 6.47. The summed E-state index contributed by atoms with van der Waals surface area (Å²) in [7, 11) is -4.61. The first kappa shape index (κ1) is 49.7. The first-order valence-electron chi connectivity index (χ1n) is 20.9. The van der Waals surface area contributed by atoms with Gasteiger partial charge in [-0.15, -0.1) is 0 Å². The average Bonchev–Trinajstić information content (AvgIpc) is 3.86. The van der Waals surface area contributed by atoms with E-state index in [0.717, 1.165) is 44.9 Å². The van der Waals surface area contributed by atoms with Crippen LogP contribution in [0.1, 0.15) is 96.7 Å². The molecule has 334 valence electrons. The summed E-state index contributed by atoms with van der Waals surface area (Å²) in [5, 5.41) is 20.4. The maximum absolute atomic E-state index is 14.0. The van der Waals surface area contributed by atoms with Gasteiger partial charge in [-0.3, -0.25) is 33.3 Å². The fraction of sp³-hybridized carbons (Fsp3) is 0.634. The highest BCUT2D eigenvalue weighted by molar-refractivity contribution is 7.51. The Labute approximate surface area is 352 Å². The summed E-state index contributed by atoms with van der Waals surface area (Å²) in [6.07, 6.45) is 10.8. The lowest BCUT2D eigenvalue weighted by Gasteiger charge is -2.28. The molecule has 9 N–H and O–H groups in total. The molecule has 0 saturated carbocycles. The van der Waals surface area contributed by atoms with Gasteiger partial charge in [0, 0.05) is 38.3 Å². The number of aryl methyl sites for hydroxylation is 2. The van der Waals surface area contributed by atoms with Gasteiger partial charge in [0.15, 0.2) is 0 Å². The average molecular weight is 861 g/mol. The van der Waals surface area contributed by atoms with Crippen molar-refractivity contribution in [1.29, 1.82) is 0 Å². The summed E-state index contributed by atoms with van der Waals surface area (Å²) >= 11 is 0. The molecule has 1 aromatic carbocycles. The van der Waals surface area contributed by atoms with Crippen molar-refractivity contribution < 1.29 is 48.2 Å². The van der Waals surface area contributed by atoms with E-state index in [2.05, 4.69) is 38.4 Å². The predicted octanol–water partition coefficient (Wildman–Crippen LogP) is 1.30. The molecule has 19 heteroatoms. The fourth-order valence-electron chi connectivity index (χ4n) is 7.45. The molecule has 1 aromatic heterocycles. The van der Waals surface area contributed by atoms with Gasteiger partial charge < -0.3 is 51.4 Å². The Bertz CT molecular complexity index is 1770. The molecule has 1 aliphatic rings. The third-order valence-corrected chi connectivity index (χ3v) is 11.7. The van der Waals surface area contributed by atoms with E-state index < -0.39 is 86.0 Å². The smallest absolute Gasteiger partial charge is 0.325 e. The highest BCUT2D eigenvalue weighted by atomic mass is 31.2. The van der Waals surface area contributed by atoms with Crippen LogP contribution in [0.25, 0.3) is 0 Å². The number of amides is 6. The van der Waals surface area contributed by atoms with Crippen LogP contribution in [-0.2, 0) is 52.7 Å². The number of likely N-dealkylation sites (tertiary alicyclic amines) is 1. The summed E-state index contributed by atoms with van der Waals surface area (Å²) in [5.74, 6) is -5.64. The minimum atomic E-state index is -4.61. The fourth-order valence-corrected chi connectivity index (χ4v) is 8.42. The first-order chi connectivity index (χ1) is 28.4. The quantitative estimate of drug-likeness (QED) is 0.0493. The van der Waals surface area contributed by atoms with Gasteiger partial charge in [-0.1, -0.05) is 76.8 Å². The number of aliphatic hydroxyl groups is 1. The van der Waals surface area contributed by atoms with Gasteiger partial charge in [0.25, 0.3) is 0 Å². The van der Waals surface area contributed by atoms with Crippen molar-refractivity contribution in [3.8, 4) is 0 Å². The number of nitrogens with zero attached hydrogens (tertiary/aromatic N) is 3. The number of nitrogens with two attached hydrogens (primary N) is 1. The van der Waals surface area contributed by atoms with Crippen LogP contribution in [0.2, 0.25) is 0 Å². The highest BCUT2D eigenvalue weighted by Gasteiger charge is 2.37.